The molecule has 41 heavy (non-hydrogen) atoms. The summed E-state index contributed by atoms with van der Waals surface area (Å²) in [5.74, 6) is -2.24. The fourth-order valence-corrected chi connectivity index (χ4v) is 8.53. The first kappa shape index (κ1) is 31.9. The van der Waals surface area contributed by atoms with Gasteiger partial charge in [0.25, 0.3) is 0 Å². The zero-order chi connectivity index (χ0) is 30.5. The van der Waals surface area contributed by atoms with E-state index in [4.69, 9.17) is 9.47 Å². The maximum absolute atomic E-state index is 13.2. The van der Waals surface area contributed by atoms with Crippen LogP contribution in [0, 0.1) is 28.6 Å². The van der Waals surface area contributed by atoms with Crippen molar-refractivity contribution in [2.45, 2.75) is 123 Å². The molecule has 0 aromatic rings. The molecule has 0 aromatic heterocycles. The van der Waals surface area contributed by atoms with Crippen LogP contribution in [0.5, 0.6) is 0 Å². The van der Waals surface area contributed by atoms with E-state index < -0.39 is 58.1 Å². The molecule has 2 fully saturated rings. The van der Waals surface area contributed by atoms with Crippen molar-refractivity contribution >= 4 is 11.9 Å². The second kappa shape index (κ2) is 11.3. The summed E-state index contributed by atoms with van der Waals surface area (Å²) >= 11 is 0. The molecule has 1 spiro atoms. The van der Waals surface area contributed by atoms with E-state index in [1.807, 2.05) is 20.8 Å². The third-order valence-electron chi connectivity index (χ3n) is 11.0. The van der Waals surface area contributed by atoms with Crippen molar-refractivity contribution in [3.8, 4) is 0 Å². The maximum atomic E-state index is 13.2. The Labute approximate surface area is 244 Å². The molecular formula is C33H50O8. The van der Waals surface area contributed by atoms with Gasteiger partial charge in [0.15, 0.2) is 0 Å². The highest BCUT2D eigenvalue weighted by molar-refractivity contribution is 5.87. The fourth-order valence-electron chi connectivity index (χ4n) is 8.53. The van der Waals surface area contributed by atoms with Gasteiger partial charge in [-0.05, 0) is 50.7 Å². The Morgan fingerprint density at radius 1 is 1.10 bits per heavy atom. The molecule has 0 saturated heterocycles. The van der Waals surface area contributed by atoms with E-state index in [2.05, 4.69) is 6.92 Å². The minimum Gasteiger partial charge on any atom is -0.458 e. The van der Waals surface area contributed by atoms with Gasteiger partial charge < -0.3 is 29.9 Å². The Balaban J connectivity index is 1.75. The number of aliphatic hydroxyl groups is 4. The van der Waals surface area contributed by atoms with Crippen molar-refractivity contribution in [2.75, 3.05) is 6.61 Å². The van der Waals surface area contributed by atoms with Gasteiger partial charge in [-0.2, -0.15) is 0 Å². The number of rotatable bonds is 10. The molecular weight excluding hydrogens is 524 g/mol. The van der Waals surface area contributed by atoms with Crippen molar-refractivity contribution in [1.29, 1.82) is 0 Å². The lowest BCUT2D eigenvalue weighted by Crippen LogP contribution is -2.66. The van der Waals surface area contributed by atoms with E-state index in [-0.39, 0.29) is 24.1 Å². The van der Waals surface area contributed by atoms with Crippen molar-refractivity contribution in [2.24, 2.45) is 28.6 Å². The largest absolute Gasteiger partial charge is 0.458 e. The van der Waals surface area contributed by atoms with Gasteiger partial charge in [0.1, 0.15) is 30.0 Å². The lowest BCUT2D eigenvalue weighted by Gasteiger charge is -2.51. The number of hydrogen-bond acceptors (Lipinski definition) is 8. The Morgan fingerprint density at radius 2 is 1.76 bits per heavy atom. The number of allylic oxidation sites excluding steroid dienone is 1. The number of carbonyl (C=O) groups excluding carboxylic acids is 2. The number of ether oxygens (including phenoxy) is 2. The highest BCUT2D eigenvalue weighted by atomic mass is 16.6. The smallest absolute Gasteiger partial charge is 0.333 e. The summed E-state index contributed by atoms with van der Waals surface area (Å²) < 4.78 is 11.9. The molecule has 4 aliphatic carbocycles. The molecule has 0 aliphatic heterocycles. The first-order valence-electron chi connectivity index (χ1n) is 15.4. The van der Waals surface area contributed by atoms with Crippen LogP contribution in [0.3, 0.4) is 0 Å². The molecule has 2 bridgehead atoms. The molecule has 230 valence electrons. The normalized spacial score (nSPS) is 40.8. The van der Waals surface area contributed by atoms with Gasteiger partial charge >= 0.3 is 11.9 Å². The predicted molar refractivity (Wildman–Crippen MR) is 154 cm³/mol. The van der Waals surface area contributed by atoms with Crippen LogP contribution >= 0.6 is 0 Å². The van der Waals surface area contributed by atoms with E-state index in [0.717, 1.165) is 32.1 Å². The average molecular weight is 575 g/mol. The van der Waals surface area contributed by atoms with E-state index in [9.17, 15) is 30.0 Å². The van der Waals surface area contributed by atoms with E-state index in [1.54, 1.807) is 39.0 Å². The Hall–Kier alpha value is -2.00. The summed E-state index contributed by atoms with van der Waals surface area (Å²) in [6.07, 6.45) is 6.54. The lowest BCUT2D eigenvalue weighted by molar-refractivity contribution is -0.217. The highest BCUT2D eigenvalue weighted by Crippen LogP contribution is 2.76. The third-order valence-corrected chi connectivity index (χ3v) is 11.0. The summed E-state index contributed by atoms with van der Waals surface area (Å²) in [5.41, 5.74) is -3.92. The average Bonchev–Trinajstić information content (AvgIpc) is 3.34. The number of aliphatic hydroxyl groups excluding tert-OH is 3. The topological polar surface area (TPSA) is 134 Å². The molecule has 1 unspecified atom stereocenters. The molecule has 0 amide bonds. The summed E-state index contributed by atoms with van der Waals surface area (Å²) in [6.45, 7) is 12.8. The van der Waals surface area contributed by atoms with Crippen LogP contribution in [-0.4, -0.2) is 68.5 Å². The van der Waals surface area contributed by atoms with Crippen molar-refractivity contribution < 1.29 is 39.5 Å². The minimum atomic E-state index is -2.18. The Morgan fingerprint density at radius 3 is 2.39 bits per heavy atom. The molecule has 0 aromatic carbocycles. The number of fused-ring (bicyclic) bond motifs is 3. The quantitative estimate of drug-likeness (QED) is 0.132. The molecule has 9 atom stereocenters. The Bertz CT molecular complexity index is 1140. The van der Waals surface area contributed by atoms with Crippen LogP contribution in [0.4, 0.5) is 0 Å². The molecule has 4 rings (SSSR count). The van der Waals surface area contributed by atoms with Gasteiger partial charge in [-0.15, -0.1) is 0 Å². The molecule has 0 radical (unpaired) electrons. The summed E-state index contributed by atoms with van der Waals surface area (Å²) in [7, 11) is 0. The SMILES string of the molecule is C/C=C(/C)C(=O)OCC1=C[C@@H]2C(O)[C@]3(C=C(C)[C@H](O)[C@@]3(O)[C@@H]1O)[C@H](C)C[C@]1(OC(=O)CCCCCCC)[C@H]2C1(C)C. The van der Waals surface area contributed by atoms with Crippen LogP contribution in [-0.2, 0) is 19.1 Å². The van der Waals surface area contributed by atoms with Crippen LogP contribution in [0.15, 0.2) is 34.9 Å². The number of unbranched alkanes of at least 4 members (excludes halogenated alkanes) is 4. The monoisotopic (exact) mass is 574 g/mol. The second-order valence-corrected chi connectivity index (χ2v) is 13.6. The number of esters is 2. The van der Waals surface area contributed by atoms with Crippen LogP contribution in [0.2, 0.25) is 0 Å². The molecule has 4 N–H and O–H groups in total. The van der Waals surface area contributed by atoms with Crippen LogP contribution < -0.4 is 0 Å². The van der Waals surface area contributed by atoms with Gasteiger partial charge in [-0.1, -0.05) is 71.6 Å². The third kappa shape index (κ3) is 4.64. The molecule has 8 heteroatoms. The molecule has 0 heterocycles. The van der Waals surface area contributed by atoms with Gasteiger partial charge in [-0.25, -0.2) is 4.79 Å². The number of hydrogen-bond donors (Lipinski definition) is 4. The molecule has 4 aliphatic rings. The molecule has 2 saturated carbocycles. The van der Waals surface area contributed by atoms with Crippen LogP contribution in [0.1, 0.15) is 93.4 Å². The highest BCUT2D eigenvalue weighted by Gasteiger charge is 2.82. The summed E-state index contributed by atoms with van der Waals surface area (Å²) in [6, 6.07) is 0. The fraction of sp³-hybridized carbons (Fsp3) is 0.758. The van der Waals surface area contributed by atoms with Gasteiger partial charge in [-0.3, -0.25) is 4.79 Å². The second-order valence-electron chi connectivity index (χ2n) is 13.6. The van der Waals surface area contributed by atoms with Crippen molar-refractivity contribution in [1.82, 2.24) is 0 Å². The first-order chi connectivity index (χ1) is 19.2. The minimum absolute atomic E-state index is 0.214. The zero-order valence-corrected chi connectivity index (χ0v) is 25.8. The lowest BCUT2D eigenvalue weighted by atomic mass is 9.58. The van der Waals surface area contributed by atoms with E-state index in [1.165, 1.54) is 0 Å². The Kier molecular flexibility index (Phi) is 8.76. The van der Waals surface area contributed by atoms with E-state index >= 15 is 0 Å². The first-order valence-corrected chi connectivity index (χ1v) is 15.4. The zero-order valence-electron chi connectivity index (χ0n) is 25.8. The van der Waals surface area contributed by atoms with Crippen molar-refractivity contribution in [3.05, 3.63) is 34.9 Å². The maximum Gasteiger partial charge on any atom is 0.333 e. The predicted octanol–water partition coefficient (Wildman–Crippen LogP) is 4.15. The van der Waals surface area contributed by atoms with Gasteiger partial charge in [0, 0.05) is 29.2 Å². The van der Waals surface area contributed by atoms with Crippen LogP contribution in [0.25, 0.3) is 0 Å². The van der Waals surface area contributed by atoms with Gasteiger partial charge in [0.2, 0.25) is 0 Å². The molecule has 8 nitrogen and oxygen atoms in total. The van der Waals surface area contributed by atoms with E-state index in [0.29, 0.717) is 24.0 Å². The van der Waals surface area contributed by atoms with Gasteiger partial charge in [0.05, 0.1) is 11.5 Å². The summed E-state index contributed by atoms with van der Waals surface area (Å²) in [5, 5.41) is 47.6. The standard InChI is InChI=1S/C33H50O8/c1-8-10-11-12-13-14-24(34)41-32-17-21(5)31-16-20(4)26(35)33(31,39)27(36)22(18-40-29(38)19(3)9-2)15-23(28(31)37)25(32)30(32,6)7/h9,15-16,21,23,25-28,35-37,39H,8,10-14,17-18H2,1-7H3/b19-9-/t21-,23+,25-,26+,27-,28?,31+,32+,33-/m1/s1. The van der Waals surface area contributed by atoms with Crippen molar-refractivity contribution in [3.63, 3.8) is 0 Å². The number of carbonyl (C=O) groups is 2. The summed E-state index contributed by atoms with van der Waals surface area (Å²) in [4.78, 5) is 25.7.